The number of ether oxygens (including phenoxy) is 1. The molecular formula is C15H23NO. The first-order chi connectivity index (χ1) is 8.11. The first-order valence-corrected chi connectivity index (χ1v) is 6.55. The van der Waals surface area contributed by atoms with Crippen LogP contribution in [0.5, 0.6) is 5.75 Å². The van der Waals surface area contributed by atoms with Crippen LogP contribution in [0.25, 0.3) is 0 Å². The predicted octanol–water partition coefficient (Wildman–Crippen LogP) is 3.09. The zero-order chi connectivity index (χ0) is 12.4. The Hall–Kier alpha value is -1.02. The van der Waals surface area contributed by atoms with Gasteiger partial charge in [-0.2, -0.15) is 0 Å². The van der Waals surface area contributed by atoms with Gasteiger partial charge in [-0.25, -0.2) is 0 Å². The fraction of sp³-hybridized carbons (Fsp3) is 0.600. The molecule has 2 atom stereocenters. The summed E-state index contributed by atoms with van der Waals surface area (Å²) in [7, 11) is 0. The van der Waals surface area contributed by atoms with Crippen LogP contribution in [0.15, 0.2) is 18.2 Å². The molecule has 0 aromatic heterocycles. The molecular weight excluding hydrogens is 210 g/mol. The Labute approximate surface area is 104 Å². The minimum Gasteiger partial charge on any atom is -0.493 e. The standard InChI is InChI=1S/C15H23NO/c1-10(2)9-17-15-5-4-11(3)6-14(15)13-7-12(13)8-16/h4-6,10,12-13H,7-9,16H2,1-3H3/t12-,13+/m1/s1. The summed E-state index contributed by atoms with van der Waals surface area (Å²) >= 11 is 0. The highest BCUT2D eigenvalue weighted by molar-refractivity contribution is 5.42. The van der Waals surface area contributed by atoms with Gasteiger partial charge in [-0.15, -0.1) is 0 Å². The van der Waals surface area contributed by atoms with Crippen molar-refractivity contribution in [2.24, 2.45) is 17.6 Å². The molecule has 2 heteroatoms. The van der Waals surface area contributed by atoms with Crippen molar-refractivity contribution in [3.63, 3.8) is 0 Å². The van der Waals surface area contributed by atoms with Gasteiger partial charge >= 0.3 is 0 Å². The molecule has 1 aliphatic carbocycles. The minimum absolute atomic E-state index is 0.564. The summed E-state index contributed by atoms with van der Waals surface area (Å²) in [5.41, 5.74) is 8.40. The largest absolute Gasteiger partial charge is 0.493 e. The van der Waals surface area contributed by atoms with Crippen LogP contribution in [0.2, 0.25) is 0 Å². The fourth-order valence-electron chi connectivity index (χ4n) is 2.23. The Morgan fingerprint density at radius 3 is 2.76 bits per heavy atom. The van der Waals surface area contributed by atoms with E-state index in [1.165, 1.54) is 17.5 Å². The van der Waals surface area contributed by atoms with Crippen molar-refractivity contribution in [3.05, 3.63) is 29.3 Å². The van der Waals surface area contributed by atoms with Gasteiger partial charge in [0.1, 0.15) is 5.75 Å². The van der Waals surface area contributed by atoms with Crippen molar-refractivity contribution >= 4 is 0 Å². The molecule has 0 heterocycles. The molecule has 0 aliphatic heterocycles. The molecule has 2 rings (SSSR count). The van der Waals surface area contributed by atoms with Crippen molar-refractivity contribution in [1.82, 2.24) is 0 Å². The third-order valence-electron chi connectivity index (χ3n) is 3.36. The monoisotopic (exact) mass is 233 g/mol. The van der Waals surface area contributed by atoms with Crippen LogP contribution in [-0.4, -0.2) is 13.2 Å². The number of hydrogen-bond acceptors (Lipinski definition) is 2. The Balaban J connectivity index is 2.14. The first-order valence-electron chi connectivity index (χ1n) is 6.55. The minimum atomic E-state index is 0.564. The fourth-order valence-corrected chi connectivity index (χ4v) is 2.23. The second-order valence-electron chi connectivity index (χ2n) is 5.58. The molecule has 0 radical (unpaired) electrons. The summed E-state index contributed by atoms with van der Waals surface area (Å²) in [6.45, 7) is 8.06. The average molecular weight is 233 g/mol. The lowest BCUT2D eigenvalue weighted by atomic mass is 10.0. The lowest BCUT2D eigenvalue weighted by Crippen LogP contribution is -2.07. The number of hydrogen-bond donors (Lipinski definition) is 1. The zero-order valence-corrected chi connectivity index (χ0v) is 11.1. The lowest BCUT2D eigenvalue weighted by molar-refractivity contribution is 0.268. The van der Waals surface area contributed by atoms with Gasteiger partial charge in [-0.3, -0.25) is 0 Å². The van der Waals surface area contributed by atoms with E-state index in [1.54, 1.807) is 0 Å². The third-order valence-corrected chi connectivity index (χ3v) is 3.36. The van der Waals surface area contributed by atoms with E-state index in [9.17, 15) is 0 Å². The maximum atomic E-state index is 5.91. The van der Waals surface area contributed by atoms with Crippen LogP contribution in [0.1, 0.15) is 37.3 Å². The number of rotatable bonds is 5. The van der Waals surface area contributed by atoms with Gasteiger partial charge in [0.2, 0.25) is 0 Å². The highest BCUT2D eigenvalue weighted by Crippen LogP contribution is 2.49. The molecule has 0 saturated heterocycles. The van der Waals surface area contributed by atoms with E-state index >= 15 is 0 Å². The summed E-state index contributed by atoms with van der Waals surface area (Å²) in [6.07, 6.45) is 1.22. The molecule has 0 spiro atoms. The smallest absolute Gasteiger partial charge is 0.122 e. The molecule has 0 bridgehead atoms. The predicted molar refractivity (Wildman–Crippen MR) is 71.4 cm³/mol. The SMILES string of the molecule is Cc1ccc(OCC(C)C)c([C@H]2C[C@@H]2CN)c1. The van der Waals surface area contributed by atoms with Crippen molar-refractivity contribution in [2.45, 2.75) is 33.1 Å². The van der Waals surface area contributed by atoms with Gasteiger partial charge in [0, 0.05) is 0 Å². The molecule has 0 amide bonds. The molecule has 2 nitrogen and oxygen atoms in total. The second kappa shape index (κ2) is 5.09. The maximum absolute atomic E-state index is 5.91. The topological polar surface area (TPSA) is 35.2 Å². The number of benzene rings is 1. The van der Waals surface area contributed by atoms with Crippen LogP contribution in [-0.2, 0) is 0 Å². The molecule has 0 unspecified atom stereocenters. The summed E-state index contributed by atoms with van der Waals surface area (Å²) in [5, 5.41) is 0. The Kier molecular flexibility index (Phi) is 3.72. The Morgan fingerprint density at radius 2 is 2.18 bits per heavy atom. The van der Waals surface area contributed by atoms with E-state index in [1.807, 2.05) is 0 Å². The molecule has 2 N–H and O–H groups in total. The van der Waals surface area contributed by atoms with E-state index < -0.39 is 0 Å². The average Bonchev–Trinajstić information content (AvgIpc) is 3.06. The van der Waals surface area contributed by atoms with E-state index in [0.29, 0.717) is 17.8 Å². The molecule has 1 aliphatic rings. The van der Waals surface area contributed by atoms with Crippen molar-refractivity contribution in [1.29, 1.82) is 0 Å². The summed E-state index contributed by atoms with van der Waals surface area (Å²) in [5.74, 6) is 2.92. The zero-order valence-electron chi connectivity index (χ0n) is 11.1. The summed E-state index contributed by atoms with van der Waals surface area (Å²) in [4.78, 5) is 0. The van der Waals surface area contributed by atoms with Crippen LogP contribution >= 0.6 is 0 Å². The van der Waals surface area contributed by atoms with Crippen molar-refractivity contribution in [2.75, 3.05) is 13.2 Å². The Bertz CT molecular complexity index is 387. The van der Waals surface area contributed by atoms with E-state index in [-0.39, 0.29) is 0 Å². The van der Waals surface area contributed by atoms with Gasteiger partial charge in [0.15, 0.2) is 0 Å². The molecule has 1 aromatic rings. The van der Waals surface area contributed by atoms with Gasteiger partial charge in [0.25, 0.3) is 0 Å². The highest BCUT2D eigenvalue weighted by atomic mass is 16.5. The van der Waals surface area contributed by atoms with Crippen LogP contribution in [0, 0.1) is 18.8 Å². The van der Waals surface area contributed by atoms with E-state index in [0.717, 1.165) is 18.9 Å². The first kappa shape index (κ1) is 12.4. The maximum Gasteiger partial charge on any atom is 0.122 e. The van der Waals surface area contributed by atoms with Crippen LogP contribution < -0.4 is 10.5 Å². The summed E-state index contributed by atoms with van der Waals surface area (Å²) in [6, 6.07) is 6.49. The Morgan fingerprint density at radius 1 is 1.41 bits per heavy atom. The summed E-state index contributed by atoms with van der Waals surface area (Å²) < 4.78 is 5.91. The number of aryl methyl sites for hydroxylation is 1. The molecule has 1 fully saturated rings. The van der Waals surface area contributed by atoms with E-state index in [4.69, 9.17) is 10.5 Å². The molecule has 94 valence electrons. The van der Waals surface area contributed by atoms with Crippen LogP contribution in [0.3, 0.4) is 0 Å². The molecule has 17 heavy (non-hydrogen) atoms. The lowest BCUT2D eigenvalue weighted by Gasteiger charge is -2.14. The van der Waals surface area contributed by atoms with Crippen LogP contribution in [0.4, 0.5) is 0 Å². The molecule has 1 saturated carbocycles. The van der Waals surface area contributed by atoms with Gasteiger partial charge in [-0.05, 0) is 49.3 Å². The molecule has 1 aromatic carbocycles. The van der Waals surface area contributed by atoms with E-state index in [2.05, 4.69) is 39.0 Å². The third kappa shape index (κ3) is 3.01. The van der Waals surface area contributed by atoms with Crippen molar-refractivity contribution < 1.29 is 4.74 Å². The second-order valence-corrected chi connectivity index (χ2v) is 5.58. The van der Waals surface area contributed by atoms with Gasteiger partial charge < -0.3 is 10.5 Å². The highest BCUT2D eigenvalue weighted by Gasteiger charge is 2.38. The van der Waals surface area contributed by atoms with Crippen molar-refractivity contribution in [3.8, 4) is 5.75 Å². The van der Waals surface area contributed by atoms with Gasteiger partial charge in [-0.1, -0.05) is 31.5 Å². The van der Waals surface area contributed by atoms with Gasteiger partial charge in [0.05, 0.1) is 6.61 Å². The number of nitrogens with two attached hydrogens (primary N) is 1. The quantitative estimate of drug-likeness (QED) is 0.848. The normalized spacial score (nSPS) is 22.9.